The van der Waals surface area contributed by atoms with Crippen LogP contribution in [0, 0.1) is 5.92 Å². The van der Waals surface area contributed by atoms with E-state index in [1.807, 2.05) is 0 Å². The van der Waals surface area contributed by atoms with Gasteiger partial charge in [-0.3, -0.25) is 4.79 Å². The molecule has 0 saturated carbocycles. The van der Waals surface area contributed by atoms with Gasteiger partial charge in [-0.25, -0.2) is 0 Å². The Labute approximate surface area is 98.8 Å². The minimum Gasteiger partial charge on any atom is -0.435 e. The van der Waals surface area contributed by atoms with E-state index in [-0.39, 0.29) is 17.6 Å². The molecular formula is C12H15F2NO2. The second-order valence-electron chi connectivity index (χ2n) is 3.89. The van der Waals surface area contributed by atoms with Crippen LogP contribution >= 0.6 is 0 Å². The van der Waals surface area contributed by atoms with E-state index in [0.717, 1.165) is 5.56 Å². The first-order valence-corrected chi connectivity index (χ1v) is 5.30. The Kier molecular flexibility index (Phi) is 4.87. The Bertz CT molecular complexity index is 363. The monoisotopic (exact) mass is 243 g/mol. The summed E-state index contributed by atoms with van der Waals surface area (Å²) in [5.41, 5.74) is 0.834. The summed E-state index contributed by atoms with van der Waals surface area (Å²) in [6, 6.07) is 6.17. The van der Waals surface area contributed by atoms with E-state index in [2.05, 4.69) is 10.1 Å². The summed E-state index contributed by atoms with van der Waals surface area (Å²) in [4.78, 5) is 11.3. The van der Waals surface area contributed by atoms with Crippen molar-refractivity contribution in [2.45, 2.75) is 27.0 Å². The lowest BCUT2D eigenvalue weighted by Gasteiger charge is -2.08. The predicted octanol–water partition coefficient (Wildman–Crippen LogP) is 2.56. The first-order chi connectivity index (χ1) is 7.99. The van der Waals surface area contributed by atoms with E-state index in [0.29, 0.717) is 6.54 Å². The lowest BCUT2D eigenvalue weighted by molar-refractivity contribution is -0.124. The molecule has 1 aromatic carbocycles. The highest BCUT2D eigenvalue weighted by Crippen LogP contribution is 2.14. The molecule has 0 atom stereocenters. The van der Waals surface area contributed by atoms with Crippen molar-refractivity contribution in [1.29, 1.82) is 0 Å². The topological polar surface area (TPSA) is 38.3 Å². The number of halogens is 2. The minimum absolute atomic E-state index is 0.0436. The molecule has 0 aromatic heterocycles. The summed E-state index contributed by atoms with van der Waals surface area (Å²) in [7, 11) is 0. The Balaban J connectivity index is 2.48. The summed E-state index contributed by atoms with van der Waals surface area (Å²) in [5.74, 6) is -0.00622. The summed E-state index contributed by atoms with van der Waals surface area (Å²) in [5, 5.41) is 2.73. The van der Waals surface area contributed by atoms with Gasteiger partial charge in [-0.2, -0.15) is 8.78 Å². The molecule has 0 bridgehead atoms. The summed E-state index contributed by atoms with van der Waals surface area (Å²) in [6.45, 7) is 1.16. The molecule has 1 aromatic rings. The third kappa shape index (κ3) is 4.80. The number of alkyl halides is 2. The average molecular weight is 243 g/mol. The van der Waals surface area contributed by atoms with Crippen LogP contribution in [-0.2, 0) is 11.3 Å². The number of hydrogen-bond donors (Lipinski definition) is 1. The predicted molar refractivity (Wildman–Crippen MR) is 59.8 cm³/mol. The second kappa shape index (κ2) is 6.18. The van der Waals surface area contributed by atoms with Crippen molar-refractivity contribution in [1.82, 2.24) is 5.32 Å². The Morgan fingerprint density at radius 1 is 1.29 bits per heavy atom. The standard InChI is InChI=1S/C12H15F2NO2/c1-8(2)11(16)15-7-9-3-5-10(6-4-9)17-12(13)14/h3-6,8,12H,7H2,1-2H3,(H,15,16). The number of benzene rings is 1. The van der Waals surface area contributed by atoms with Gasteiger partial charge in [0.25, 0.3) is 0 Å². The van der Waals surface area contributed by atoms with E-state index in [4.69, 9.17) is 0 Å². The molecule has 17 heavy (non-hydrogen) atoms. The molecule has 0 aliphatic heterocycles. The lowest BCUT2D eigenvalue weighted by Crippen LogP contribution is -2.27. The molecular weight excluding hydrogens is 228 g/mol. The maximum atomic E-state index is 11.9. The highest BCUT2D eigenvalue weighted by atomic mass is 19.3. The molecule has 94 valence electrons. The van der Waals surface area contributed by atoms with Gasteiger partial charge in [0.1, 0.15) is 5.75 Å². The summed E-state index contributed by atoms with van der Waals surface area (Å²) in [6.07, 6.45) is 0. The van der Waals surface area contributed by atoms with E-state index in [1.54, 1.807) is 26.0 Å². The smallest absolute Gasteiger partial charge is 0.387 e. The van der Waals surface area contributed by atoms with Gasteiger partial charge >= 0.3 is 6.61 Å². The van der Waals surface area contributed by atoms with Gasteiger partial charge in [-0.15, -0.1) is 0 Å². The van der Waals surface area contributed by atoms with Crippen LogP contribution in [0.1, 0.15) is 19.4 Å². The molecule has 3 nitrogen and oxygen atoms in total. The van der Waals surface area contributed by atoms with E-state index >= 15 is 0 Å². The van der Waals surface area contributed by atoms with Gasteiger partial charge in [-0.05, 0) is 17.7 Å². The van der Waals surface area contributed by atoms with Crippen LogP contribution in [-0.4, -0.2) is 12.5 Å². The third-order valence-corrected chi connectivity index (χ3v) is 2.14. The fourth-order valence-corrected chi connectivity index (χ4v) is 1.18. The zero-order valence-corrected chi connectivity index (χ0v) is 9.74. The zero-order valence-electron chi connectivity index (χ0n) is 9.74. The maximum absolute atomic E-state index is 11.9. The van der Waals surface area contributed by atoms with Crippen molar-refractivity contribution in [3.05, 3.63) is 29.8 Å². The molecule has 5 heteroatoms. The SMILES string of the molecule is CC(C)C(=O)NCc1ccc(OC(F)F)cc1. The zero-order chi connectivity index (χ0) is 12.8. The van der Waals surface area contributed by atoms with E-state index < -0.39 is 6.61 Å². The maximum Gasteiger partial charge on any atom is 0.387 e. The summed E-state index contributed by atoms with van der Waals surface area (Å²) >= 11 is 0. The van der Waals surface area contributed by atoms with Gasteiger partial charge in [0.2, 0.25) is 5.91 Å². The Morgan fingerprint density at radius 3 is 2.35 bits per heavy atom. The van der Waals surface area contributed by atoms with Crippen LogP contribution in [0.5, 0.6) is 5.75 Å². The van der Waals surface area contributed by atoms with Crippen LogP contribution in [0.25, 0.3) is 0 Å². The Hall–Kier alpha value is -1.65. The molecule has 0 fully saturated rings. The third-order valence-electron chi connectivity index (χ3n) is 2.14. The quantitative estimate of drug-likeness (QED) is 0.863. The number of hydrogen-bond acceptors (Lipinski definition) is 2. The number of amides is 1. The fourth-order valence-electron chi connectivity index (χ4n) is 1.18. The van der Waals surface area contributed by atoms with Crippen LogP contribution in [0.4, 0.5) is 8.78 Å². The highest BCUT2D eigenvalue weighted by Gasteiger charge is 2.06. The first-order valence-electron chi connectivity index (χ1n) is 5.30. The molecule has 1 amide bonds. The molecule has 0 aliphatic rings. The number of rotatable bonds is 5. The van der Waals surface area contributed by atoms with Gasteiger partial charge in [0, 0.05) is 12.5 Å². The first kappa shape index (κ1) is 13.4. The van der Waals surface area contributed by atoms with Crippen LogP contribution < -0.4 is 10.1 Å². The molecule has 0 unspecified atom stereocenters. The van der Waals surface area contributed by atoms with Crippen molar-refractivity contribution in [2.75, 3.05) is 0 Å². The average Bonchev–Trinajstić information content (AvgIpc) is 2.26. The molecule has 0 radical (unpaired) electrons. The number of carbonyl (C=O) groups excluding carboxylic acids is 1. The second-order valence-corrected chi connectivity index (χ2v) is 3.89. The van der Waals surface area contributed by atoms with Crippen molar-refractivity contribution in [3.8, 4) is 5.75 Å². The summed E-state index contributed by atoms with van der Waals surface area (Å²) < 4.78 is 28.0. The van der Waals surface area contributed by atoms with Gasteiger partial charge in [0.15, 0.2) is 0 Å². The van der Waals surface area contributed by atoms with Crippen LogP contribution in [0.3, 0.4) is 0 Å². The molecule has 0 saturated heterocycles. The lowest BCUT2D eigenvalue weighted by atomic mass is 10.2. The molecule has 0 spiro atoms. The molecule has 1 N–H and O–H groups in total. The number of ether oxygens (including phenoxy) is 1. The largest absolute Gasteiger partial charge is 0.435 e. The van der Waals surface area contributed by atoms with Crippen molar-refractivity contribution in [3.63, 3.8) is 0 Å². The normalized spacial score (nSPS) is 10.7. The van der Waals surface area contributed by atoms with Gasteiger partial charge in [0.05, 0.1) is 0 Å². The number of carbonyl (C=O) groups is 1. The van der Waals surface area contributed by atoms with Crippen molar-refractivity contribution >= 4 is 5.91 Å². The Morgan fingerprint density at radius 2 is 1.88 bits per heavy atom. The van der Waals surface area contributed by atoms with Crippen molar-refractivity contribution in [2.24, 2.45) is 5.92 Å². The van der Waals surface area contributed by atoms with Crippen LogP contribution in [0.15, 0.2) is 24.3 Å². The van der Waals surface area contributed by atoms with Crippen molar-refractivity contribution < 1.29 is 18.3 Å². The highest BCUT2D eigenvalue weighted by molar-refractivity contribution is 5.77. The minimum atomic E-state index is -2.82. The number of nitrogens with one attached hydrogen (secondary N) is 1. The van der Waals surface area contributed by atoms with E-state index in [9.17, 15) is 13.6 Å². The van der Waals surface area contributed by atoms with Crippen LogP contribution in [0.2, 0.25) is 0 Å². The molecule has 0 aliphatic carbocycles. The fraction of sp³-hybridized carbons (Fsp3) is 0.417. The van der Waals surface area contributed by atoms with E-state index in [1.165, 1.54) is 12.1 Å². The molecule has 0 heterocycles. The van der Waals surface area contributed by atoms with Gasteiger partial charge < -0.3 is 10.1 Å². The molecule has 1 rings (SSSR count). The van der Waals surface area contributed by atoms with Gasteiger partial charge in [-0.1, -0.05) is 26.0 Å².